The van der Waals surface area contributed by atoms with E-state index in [1.165, 1.54) is 38.5 Å². The Balaban J connectivity index is 1.56. The Kier molecular flexibility index (Phi) is 2.31. The number of hydrogen-bond donors (Lipinski definition) is 0. The van der Waals surface area contributed by atoms with Crippen LogP contribution in [0.1, 0.15) is 44.2 Å². The minimum Gasteiger partial charge on any atom is -0.244 e. The molecule has 4 aliphatic carbocycles. The summed E-state index contributed by atoms with van der Waals surface area (Å²) in [5.74, 6) is 2.48. The summed E-state index contributed by atoms with van der Waals surface area (Å²) in [6.07, 6.45) is 7.74. The molecule has 0 N–H and O–H groups in total. The lowest BCUT2D eigenvalue weighted by Gasteiger charge is -2.56. The fraction of sp³-hybridized carbons (Fsp3) is 0.688. The lowest BCUT2D eigenvalue weighted by atomic mass is 9.53. The van der Waals surface area contributed by atoms with Crippen LogP contribution in [-0.2, 0) is 5.54 Å². The number of aromatic nitrogens is 6. The Bertz CT molecular complexity index is 902. The fourth-order valence-corrected chi connectivity index (χ4v) is 5.93. The predicted molar refractivity (Wildman–Crippen MR) is 81.8 cm³/mol. The summed E-state index contributed by atoms with van der Waals surface area (Å²) >= 11 is 0. The van der Waals surface area contributed by atoms with Crippen molar-refractivity contribution < 1.29 is 9.26 Å². The lowest BCUT2D eigenvalue weighted by molar-refractivity contribution is -0.0474. The van der Waals surface area contributed by atoms with E-state index in [9.17, 15) is 0 Å². The molecule has 0 spiro atoms. The Labute approximate surface area is 137 Å². The standard InChI is InChI=1S/C16H18N6O2/c1-8-12(19-23-18-8)13-14-15(21-24-20-14)22(17-13)16-5-9-2-10(6-16)4-11(3-9)7-16/h9-11H,2-7H2,1H3. The maximum absolute atomic E-state index is 5.05. The van der Waals surface area contributed by atoms with Crippen LogP contribution in [0, 0.1) is 24.7 Å². The Morgan fingerprint density at radius 2 is 1.54 bits per heavy atom. The van der Waals surface area contributed by atoms with E-state index in [1.54, 1.807) is 0 Å². The largest absolute Gasteiger partial charge is 0.244 e. The van der Waals surface area contributed by atoms with Crippen LogP contribution < -0.4 is 0 Å². The van der Waals surface area contributed by atoms with Crippen molar-refractivity contribution >= 4 is 11.2 Å². The second-order valence-electron chi connectivity index (χ2n) is 8.04. The zero-order valence-corrected chi connectivity index (χ0v) is 13.5. The number of fused-ring (bicyclic) bond motifs is 1. The first-order valence-electron chi connectivity index (χ1n) is 8.73. The summed E-state index contributed by atoms with van der Waals surface area (Å²) in [7, 11) is 0. The van der Waals surface area contributed by atoms with Gasteiger partial charge in [-0.2, -0.15) is 5.10 Å². The minimum absolute atomic E-state index is 0.0644. The van der Waals surface area contributed by atoms with Gasteiger partial charge in [-0.3, -0.25) is 0 Å². The molecule has 0 aliphatic heterocycles. The van der Waals surface area contributed by atoms with Crippen molar-refractivity contribution in [3.8, 4) is 11.4 Å². The highest BCUT2D eigenvalue weighted by Crippen LogP contribution is 2.59. The van der Waals surface area contributed by atoms with Crippen LogP contribution in [0.4, 0.5) is 0 Å². The van der Waals surface area contributed by atoms with Crippen LogP contribution in [0.3, 0.4) is 0 Å². The van der Waals surface area contributed by atoms with Crippen LogP contribution in [-0.4, -0.2) is 30.4 Å². The highest BCUT2D eigenvalue weighted by Gasteiger charge is 2.53. The summed E-state index contributed by atoms with van der Waals surface area (Å²) in [4.78, 5) is 0. The summed E-state index contributed by atoms with van der Waals surface area (Å²) in [6.45, 7) is 1.86. The highest BCUT2D eigenvalue weighted by molar-refractivity contribution is 5.86. The van der Waals surface area contributed by atoms with Gasteiger partial charge in [-0.15, -0.1) is 0 Å². The normalized spacial score (nSPS) is 34.5. The van der Waals surface area contributed by atoms with Gasteiger partial charge in [0.1, 0.15) is 11.4 Å². The summed E-state index contributed by atoms with van der Waals surface area (Å²) in [6, 6.07) is 0. The van der Waals surface area contributed by atoms with E-state index in [0.29, 0.717) is 22.6 Å². The molecule has 4 bridgehead atoms. The van der Waals surface area contributed by atoms with Crippen molar-refractivity contribution in [2.24, 2.45) is 17.8 Å². The average molecular weight is 326 g/mol. The molecule has 3 heterocycles. The smallest absolute Gasteiger partial charge is 0.224 e. The summed E-state index contributed by atoms with van der Waals surface area (Å²) < 4.78 is 12.0. The molecule has 4 fully saturated rings. The summed E-state index contributed by atoms with van der Waals surface area (Å²) in [5, 5.41) is 21.0. The molecule has 4 saturated carbocycles. The zero-order valence-electron chi connectivity index (χ0n) is 13.5. The van der Waals surface area contributed by atoms with E-state index in [4.69, 9.17) is 14.4 Å². The SMILES string of the molecule is Cc1nonc1-c1nn(C23CC4CC(CC(C4)C2)C3)c2nonc12. The quantitative estimate of drug-likeness (QED) is 0.714. The molecule has 8 heteroatoms. The van der Waals surface area contributed by atoms with Gasteiger partial charge in [0.25, 0.3) is 0 Å². The molecule has 8 nitrogen and oxygen atoms in total. The van der Waals surface area contributed by atoms with Crippen LogP contribution in [0.2, 0.25) is 0 Å². The molecule has 0 radical (unpaired) electrons. The maximum Gasteiger partial charge on any atom is 0.224 e. The van der Waals surface area contributed by atoms with Gasteiger partial charge in [-0.1, -0.05) is 5.16 Å². The molecule has 0 unspecified atom stereocenters. The minimum atomic E-state index is 0.0644. The van der Waals surface area contributed by atoms with Gasteiger partial charge in [-0.05, 0) is 78.7 Å². The van der Waals surface area contributed by atoms with Crippen molar-refractivity contribution in [3.05, 3.63) is 5.69 Å². The van der Waals surface area contributed by atoms with Gasteiger partial charge >= 0.3 is 0 Å². The van der Waals surface area contributed by atoms with Crippen molar-refractivity contribution in [1.82, 2.24) is 30.4 Å². The number of hydrogen-bond acceptors (Lipinski definition) is 7. The Hall–Kier alpha value is -2.25. The average Bonchev–Trinajstić information content (AvgIpc) is 3.21. The maximum atomic E-state index is 5.05. The monoisotopic (exact) mass is 326 g/mol. The molecular weight excluding hydrogens is 308 g/mol. The molecule has 4 aliphatic rings. The van der Waals surface area contributed by atoms with E-state index >= 15 is 0 Å². The van der Waals surface area contributed by atoms with E-state index in [2.05, 4.69) is 25.3 Å². The van der Waals surface area contributed by atoms with Gasteiger partial charge in [0.05, 0.1) is 5.54 Å². The van der Waals surface area contributed by atoms with E-state index in [0.717, 1.165) is 23.4 Å². The third kappa shape index (κ3) is 1.56. The zero-order chi connectivity index (χ0) is 15.9. The highest BCUT2D eigenvalue weighted by atomic mass is 16.6. The van der Waals surface area contributed by atoms with Crippen molar-refractivity contribution in [2.75, 3.05) is 0 Å². The molecular formula is C16H18N6O2. The van der Waals surface area contributed by atoms with Crippen LogP contribution >= 0.6 is 0 Å². The molecule has 24 heavy (non-hydrogen) atoms. The van der Waals surface area contributed by atoms with Crippen LogP contribution in [0.5, 0.6) is 0 Å². The molecule has 3 aromatic rings. The molecule has 0 saturated heterocycles. The first-order valence-corrected chi connectivity index (χ1v) is 8.73. The van der Waals surface area contributed by atoms with Gasteiger partial charge in [0.2, 0.25) is 5.65 Å². The Morgan fingerprint density at radius 3 is 2.17 bits per heavy atom. The van der Waals surface area contributed by atoms with Crippen molar-refractivity contribution in [3.63, 3.8) is 0 Å². The van der Waals surface area contributed by atoms with E-state index < -0.39 is 0 Å². The molecule has 0 amide bonds. The third-order valence-electron chi connectivity index (χ3n) is 6.43. The van der Waals surface area contributed by atoms with E-state index in [1.807, 2.05) is 6.92 Å². The lowest BCUT2D eigenvalue weighted by Crippen LogP contribution is -2.52. The molecule has 7 rings (SSSR count). The molecule has 3 aromatic heterocycles. The molecule has 124 valence electrons. The van der Waals surface area contributed by atoms with Crippen molar-refractivity contribution in [2.45, 2.75) is 51.0 Å². The number of nitrogens with zero attached hydrogens (tertiary/aromatic N) is 6. The Morgan fingerprint density at radius 1 is 0.875 bits per heavy atom. The van der Waals surface area contributed by atoms with Crippen molar-refractivity contribution in [1.29, 1.82) is 0 Å². The predicted octanol–water partition coefficient (Wildman–Crippen LogP) is 2.70. The summed E-state index contributed by atoms with van der Waals surface area (Å²) in [5.41, 5.74) is 3.45. The first-order chi connectivity index (χ1) is 11.7. The number of aryl methyl sites for hydroxylation is 1. The third-order valence-corrected chi connectivity index (χ3v) is 6.43. The first kappa shape index (κ1) is 13.1. The van der Waals surface area contributed by atoms with Gasteiger partial charge in [-0.25, -0.2) is 13.9 Å². The fourth-order valence-electron chi connectivity index (χ4n) is 5.93. The number of rotatable bonds is 2. The van der Waals surface area contributed by atoms with E-state index in [-0.39, 0.29) is 5.54 Å². The van der Waals surface area contributed by atoms with Crippen LogP contribution in [0.25, 0.3) is 22.6 Å². The topological polar surface area (TPSA) is 95.7 Å². The second-order valence-corrected chi connectivity index (χ2v) is 8.04. The van der Waals surface area contributed by atoms with Gasteiger partial charge < -0.3 is 0 Å². The van der Waals surface area contributed by atoms with Crippen LogP contribution in [0.15, 0.2) is 9.26 Å². The molecule has 0 atom stereocenters. The van der Waals surface area contributed by atoms with Gasteiger partial charge in [0.15, 0.2) is 11.2 Å². The molecule has 0 aromatic carbocycles. The van der Waals surface area contributed by atoms with Gasteiger partial charge in [0, 0.05) is 0 Å². The second kappa shape index (κ2) is 4.23.